The minimum absolute atomic E-state index is 0.552. The summed E-state index contributed by atoms with van der Waals surface area (Å²) in [7, 11) is 1.67. The van der Waals surface area contributed by atoms with Crippen molar-refractivity contribution >= 4 is 11.6 Å². The van der Waals surface area contributed by atoms with E-state index in [9.17, 15) is 0 Å². The summed E-state index contributed by atoms with van der Waals surface area (Å²) < 4.78 is 5.36. The van der Waals surface area contributed by atoms with Crippen molar-refractivity contribution in [2.75, 3.05) is 13.7 Å². The van der Waals surface area contributed by atoms with Crippen LogP contribution in [0.25, 0.3) is 0 Å². The molecule has 0 aliphatic heterocycles. The van der Waals surface area contributed by atoms with Crippen LogP contribution in [-0.4, -0.2) is 13.7 Å². The number of benzene rings is 1. The zero-order chi connectivity index (χ0) is 14.5. The van der Waals surface area contributed by atoms with Crippen molar-refractivity contribution in [2.45, 2.75) is 44.9 Å². The van der Waals surface area contributed by atoms with Gasteiger partial charge in [-0.05, 0) is 54.8 Å². The molecule has 3 atom stereocenters. The lowest BCUT2D eigenvalue weighted by molar-refractivity contribution is 0.230. The van der Waals surface area contributed by atoms with Crippen LogP contribution in [0.5, 0.6) is 5.75 Å². The molecule has 112 valence electrons. The minimum Gasteiger partial charge on any atom is -0.495 e. The van der Waals surface area contributed by atoms with E-state index in [1.165, 1.54) is 37.7 Å². The molecule has 2 N–H and O–H groups in total. The third kappa shape index (κ3) is 3.48. The van der Waals surface area contributed by atoms with Crippen LogP contribution in [0.2, 0.25) is 5.02 Å². The summed E-state index contributed by atoms with van der Waals surface area (Å²) in [6, 6.07) is 6.20. The normalized spacial score (nSPS) is 26.5. The maximum Gasteiger partial charge on any atom is 0.137 e. The second-order valence-electron chi connectivity index (χ2n) is 5.96. The molecular weight excluding hydrogens is 270 g/mol. The molecular formula is C17H26ClNO. The standard InChI is InChI=1S/C17H26ClNO/c1-3-4-12-5-6-14(11-19)15(9-12)13-7-8-16(18)17(10-13)20-2/h7-8,10,12,14-15H,3-6,9,11,19H2,1-2H3. The van der Waals surface area contributed by atoms with Gasteiger partial charge in [0.1, 0.15) is 5.75 Å². The fraction of sp³-hybridized carbons (Fsp3) is 0.647. The van der Waals surface area contributed by atoms with E-state index in [-0.39, 0.29) is 0 Å². The Morgan fingerprint density at radius 3 is 2.80 bits per heavy atom. The molecule has 0 amide bonds. The van der Waals surface area contributed by atoms with Gasteiger partial charge < -0.3 is 10.5 Å². The SMILES string of the molecule is CCCC1CCC(CN)C(c2ccc(Cl)c(OC)c2)C1. The quantitative estimate of drug-likeness (QED) is 0.861. The van der Waals surface area contributed by atoms with Crippen molar-refractivity contribution in [3.63, 3.8) is 0 Å². The lowest BCUT2D eigenvalue weighted by atomic mass is 9.70. The number of hydrogen-bond acceptors (Lipinski definition) is 2. The number of methoxy groups -OCH3 is 1. The highest BCUT2D eigenvalue weighted by molar-refractivity contribution is 6.32. The Bertz CT molecular complexity index is 435. The lowest BCUT2D eigenvalue weighted by Crippen LogP contribution is -2.29. The molecule has 3 unspecified atom stereocenters. The first kappa shape index (κ1) is 15.7. The summed E-state index contributed by atoms with van der Waals surface area (Å²) in [5.41, 5.74) is 7.33. The Morgan fingerprint density at radius 2 is 2.15 bits per heavy atom. The van der Waals surface area contributed by atoms with Gasteiger partial charge in [-0.3, -0.25) is 0 Å². The number of nitrogens with two attached hydrogens (primary N) is 1. The van der Waals surface area contributed by atoms with Gasteiger partial charge in [0, 0.05) is 0 Å². The molecule has 2 nitrogen and oxygen atoms in total. The summed E-state index contributed by atoms with van der Waals surface area (Å²) >= 11 is 6.13. The van der Waals surface area contributed by atoms with E-state index < -0.39 is 0 Å². The molecule has 0 heterocycles. The van der Waals surface area contributed by atoms with Gasteiger partial charge in [-0.25, -0.2) is 0 Å². The van der Waals surface area contributed by atoms with Crippen LogP contribution in [0.1, 0.15) is 50.5 Å². The van der Waals surface area contributed by atoms with Crippen LogP contribution in [-0.2, 0) is 0 Å². The van der Waals surface area contributed by atoms with Crippen LogP contribution in [0.3, 0.4) is 0 Å². The van der Waals surface area contributed by atoms with Crippen LogP contribution in [0.15, 0.2) is 18.2 Å². The number of rotatable bonds is 5. The van der Waals surface area contributed by atoms with Crippen LogP contribution in [0, 0.1) is 11.8 Å². The maximum absolute atomic E-state index is 6.13. The molecule has 1 aromatic carbocycles. The third-order valence-corrected chi connectivity index (χ3v) is 5.02. The first-order valence-electron chi connectivity index (χ1n) is 7.73. The van der Waals surface area contributed by atoms with Gasteiger partial charge >= 0.3 is 0 Å². The first-order chi connectivity index (χ1) is 9.69. The Morgan fingerprint density at radius 1 is 1.35 bits per heavy atom. The van der Waals surface area contributed by atoms with Gasteiger partial charge in [-0.1, -0.05) is 43.9 Å². The second kappa shape index (κ2) is 7.33. The van der Waals surface area contributed by atoms with E-state index in [4.69, 9.17) is 22.1 Å². The maximum atomic E-state index is 6.13. The van der Waals surface area contributed by atoms with Crippen molar-refractivity contribution in [1.82, 2.24) is 0 Å². The summed E-state index contributed by atoms with van der Waals surface area (Å²) in [6.07, 6.45) is 6.43. The molecule has 1 fully saturated rings. The van der Waals surface area contributed by atoms with Crippen LogP contribution < -0.4 is 10.5 Å². The summed E-state index contributed by atoms with van der Waals surface area (Å²) in [5, 5.41) is 0.682. The zero-order valence-corrected chi connectivity index (χ0v) is 13.3. The predicted octanol–water partition coefficient (Wildman–Crippen LogP) is 4.61. The van der Waals surface area contributed by atoms with Crippen LogP contribution in [0.4, 0.5) is 0 Å². The van der Waals surface area contributed by atoms with Crippen molar-refractivity contribution in [3.05, 3.63) is 28.8 Å². The Kier molecular flexibility index (Phi) is 5.74. The largest absolute Gasteiger partial charge is 0.495 e. The van der Waals surface area contributed by atoms with Crippen molar-refractivity contribution in [2.24, 2.45) is 17.6 Å². The highest BCUT2D eigenvalue weighted by Crippen LogP contribution is 2.43. The minimum atomic E-state index is 0.552. The van der Waals surface area contributed by atoms with E-state index in [1.54, 1.807) is 7.11 Å². The predicted molar refractivity (Wildman–Crippen MR) is 85.5 cm³/mol. The van der Waals surface area contributed by atoms with Crippen LogP contribution >= 0.6 is 11.6 Å². The highest BCUT2D eigenvalue weighted by atomic mass is 35.5. The van der Waals surface area contributed by atoms with E-state index in [0.717, 1.165) is 18.2 Å². The highest BCUT2D eigenvalue weighted by Gasteiger charge is 2.30. The molecule has 1 saturated carbocycles. The number of ether oxygens (including phenoxy) is 1. The monoisotopic (exact) mass is 295 g/mol. The molecule has 0 radical (unpaired) electrons. The fourth-order valence-corrected chi connectivity index (χ4v) is 3.78. The van der Waals surface area contributed by atoms with Gasteiger partial charge in [0.25, 0.3) is 0 Å². The van der Waals surface area contributed by atoms with Crippen molar-refractivity contribution in [1.29, 1.82) is 0 Å². The van der Waals surface area contributed by atoms with E-state index >= 15 is 0 Å². The number of halogens is 1. The van der Waals surface area contributed by atoms with E-state index in [1.807, 2.05) is 6.07 Å². The molecule has 0 spiro atoms. The van der Waals surface area contributed by atoms with Gasteiger partial charge in [-0.2, -0.15) is 0 Å². The topological polar surface area (TPSA) is 35.2 Å². The van der Waals surface area contributed by atoms with Crippen molar-refractivity contribution in [3.8, 4) is 5.75 Å². The molecule has 0 saturated heterocycles. The molecule has 3 heteroatoms. The Hall–Kier alpha value is -0.730. The van der Waals surface area contributed by atoms with Gasteiger partial charge in [0.15, 0.2) is 0 Å². The van der Waals surface area contributed by atoms with Crippen molar-refractivity contribution < 1.29 is 4.74 Å². The average Bonchev–Trinajstić information content (AvgIpc) is 2.48. The smallest absolute Gasteiger partial charge is 0.137 e. The molecule has 20 heavy (non-hydrogen) atoms. The molecule has 1 aliphatic rings. The second-order valence-corrected chi connectivity index (χ2v) is 6.37. The van der Waals surface area contributed by atoms with E-state index in [2.05, 4.69) is 19.1 Å². The number of hydrogen-bond donors (Lipinski definition) is 1. The van der Waals surface area contributed by atoms with Gasteiger partial charge in [-0.15, -0.1) is 0 Å². The first-order valence-corrected chi connectivity index (χ1v) is 8.10. The average molecular weight is 296 g/mol. The molecule has 1 aromatic rings. The molecule has 1 aliphatic carbocycles. The fourth-order valence-electron chi connectivity index (χ4n) is 3.59. The van der Waals surface area contributed by atoms with Gasteiger partial charge in [0.2, 0.25) is 0 Å². The zero-order valence-electron chi connectivity index (χ0n) is 12.6. The van der Waals surface area contributed by atoms with E-state index in [0.29, 0.717) is 16.9 Å². The molecule has 2 rings (SSSR count). The molecule has 0 bridgehead atoms. The summed E-state index contributed by atoms with van der Waals surface area (Å²) in [4.78, 5) is 0. The Balaban J connectivity index is 2.21. The Labute approximate surface area is 127 Å². The third-order valence-electron chi connectivity index (χ3n) is 4.71. The lowest BCUT2D eigenvalue weighted by Gasteiger charge is -2.36. The van der Waals surface area contributed by atoms with Gasteiger partial charge in [0.05, 0.1) is 12.1 Å². The summed E-state index contributed by atoms with van der Waals surface area (Å²) in [5.74, 6) is 2.76. The summed E-state index contributed by atoms with van der Waals surface area (Å²) in [6.45, 7) is 3.05. The molecule has 0 aromatic heterocycles.